The Hall–Kier alpha value is -2.41. The Labute approximate surface area is 158 Å². The van der Waals surface area contributed by atoms with Gasteiger partial charge in [-0.05, 0) is 44.7 Å². The second-order valence-corrected chi connectivity index (χ2v) is 7.16. The minimum Gasteiger partial charge on any atom is -0.484 e. The van der Waals surface area contributed by atoms with Gasteiger partial charge in [0.2, 0.25) is 5.91 Å². The number of Topliss-reactive ketones (excluding diaryl/α,β-unsaturated/α-hetero) is 1. The molecular weight excluding hydrogens is 348 g/mol. The van der Waals surface area contributed by atoms with E-state index in [1.807, 2.05) is 31.2 Å². The summed E-state index contributed by atoms with van der Waals surface area (Å²) in [4.78, 5) is 40.6. The van der Waals surface area contributed by atoms with Crippen LogP contribution in [0.1, 0.15) is 31.2 Å². The van der Waals surface area contributed by atoms with E-state index in [0.29, 0.717) is 31.7 Å². The summed E-state index contributed by atoms with van der Waals surface area (Å²) in [5.41, 5.74) is 1.11. The minimum atomic E-state index is -0.566. The van der Waals surface area contributed by atoms with Gasteiger partial charge in [0.15, 0.2) is 12.4 Å². The number of aliphatic hydroxyl groups is 1. The molecule has 146 valence electrons. The normalized spacial score (nSPS) is 22.1. The highest BCUT2D eigenvalue weighted by Crippen LogP contribution is 2.25. The Bertz CT molecular complexity index is 703. The maximum atomic E-state index is 13.0. The van der Waals surface area contributed by atoms with Crippen molar-refractivity contribution in [2.75, 3.05) is 26.3 Å². The predicted octanol–water partition coefficient (Wildman–Crippen LogP) is 0.917. The van der Waals surface area contributed by atoms with E-state index < -0.39 is 18.7 Å². The molecule has 0 aromatic heterocycles. The van der Waals surface area contributed by atoms with Gasteiger partial charge in [-0.2, -0.15) is 0 Å². The lowest BCUT2D eigenvalue weighted by molar-refractivity contribution is -0.147. The molecule has 0 radical (unpaired) electrons. The van der Waals surface area contributed by atoms with Crippen LogP contribution < -0.4 is 4.74 Å². The van der Waals surface area contributed by atoms with Crippen LogP contribution in [-0.4, -0.2) is 70.9 Å². The lowest BCUT2D eigenvalue weighted by atomic mass is 10.1. The van der Waals surface area contributed by atoms with Crippen LogP contribution in [0.15, 0.2) is 24.3 Å². The smallest absolute Gasteiger partial charge is 0.261 e. The second kappa shape index (κ2) is 8.52. The second-order valence-electron chi connectivity index (χ2n) is 7.16. The number of benzene rings is 1. The molecule has 2 atom stereocenters. The van der Waals surface area contributed by atoms with Crippen LogP contribution in [0, 0.1) is 6.92 Å². The molecule has 2 aliphatic heterocycles. The van der Waals surface area contributed by atoms with Gasteiger partial charge in [-0.1, -0.05) is 17.7 Å². The van der Waals surface area contributed by atoms with E-state index in [0.717, 1.165) is 18.4 Å². The molecule has 0 aliphatic carbocycles. The zero-order valence-electron chi connectivity index (χ0n) is 15.6. The van der Waals surface area contributed by atoms with Crippen LogP contribution in [0.25, 0.3) is 0 Å². The molecule has 1 aromatic carbocycles. The predicted molar refractivity (Wildman–Crippen MR) is 98.2 cm³/mol. The largest absolute Gasteiger partial charge is 0.484 e. The van der Waals surface area contributed by atoms with Crippen LogP contribution in [0.5, 0.6) is 5.75 Å². The van der Waals surface area contributed by atoms with E-state index >= 15 is 0 Å². The van der Waals surface area contributed by atoms with E-state index in [2.05, 4.69) is 0 Å². The minimum absolute atomic E-state index is 0.119. The van der Waals surface area contributed by atoms with Gasteiger partial charge in [0.1, 0.15) is 18.4 Å². The average Bonchev–Trinajstić information content (AvgIpc) is 3.35. The zero-order chi connectivity index (χ0) is 19.4. The monoisotopic (exact) mass is 374 g/mol. The molecule has 1 aromatic rings. The van der Waals surface area contributed by atoms with Crippen LogP contribution >= 0.6 is 0 Å². The first-order chi connectivity index (χ1) is 13.0. The highest BCUT2D eigenvalue weighted by atomic mass is 16.5. The molecule has 0 bridgehead atoms. The van der Waals surface area contributed by atoms with Crippen molar-refractivity contribution < 1.29 is 24.2 Å². The van der Waals surface area contributed by atoms with Gasteiger partial charge < -0.3 is 19.6 Å². The van der Waals surface area contributed by atoms with E-state index in [9.17, 15) is 14.4 Å². The standard InChI is InChI=1S/C20H26N2O5/c1-14-6-8-15(9-7-14)27-13-19(25)21-10-3-5-17(21)20(26)22-11-2-4-16(22)18(24)12-23/h6-9,16-17,23H,2-5,10-13H2,1H3/t16-,17-/m0/s1. The van der Waals surface area contributed by atoms with Crippen molar-refractivity contribution in [2.45, 2.75) is 44.7 Å². The van der Waals surface area contributed by atoms with Gasteiger partial charge >= 0.3 is 0 Å². The topological polar surface area (TPSA) is 87.2 Å². The molecule has 7 heteroatoms. The van der Waals surface area contributed by atoms with E-state index in [1.165, 1.54) is 4.90 Å². The summed E-state index contributed by atoms with van der Waals surface area (Å²) in [6.07, 6.45) is 2.65. The van der Waals surface area contributed by atoms with Crippen molar-refractivity contribution in [3.05, 3.63) is 29.8 Å². The lowest BCUT2D eigenvalue weighted by Crippen LogP contribution is -2.52. The quantitative estimate of drug-likeness (QED) is 0.800. The van der Waals surface area contributed by atoms with E-state index in [-0.39, 0.29) is 24.2 Å². The van der Waals surface area contributed by atoms with Gasteiger partial charge in [-0.15, -0.1) is 0 Å². The van der Waals surface area contributed by atoms with Gasteiger partial charge in [0.25, 0.3) is 5.91 Å². The third-order valence-electron chi connectivity index (χ3n) is 5.30. The third-order valence-corrected chi connectivity index (χ3v) is 5.30. The van der Waals surface area contributed by atoms with Gasteiger partial charge in [-0.3, -0.25) is 14.4 Å². The molecule has 2 saturated heterocycles. The third kappa shape index (κ3) is 4.30. The van der Waals surface area contributed by atoms with E-state index in [4.69, 9.17) is 9.84 Å². The van der Waals surface area contributed by atoms with Crippen LogP contribution in [-0.2, 0) is 14.4 Å². The van der Waals surface area contributed by atoms with Crippen molar-refractivity contribution in [3.8, 4) is 5.75 Å². The van der Waals surface area contributed by atoms with Crippen molar-refractivity contribution in [1.82, 2.24) is 9.80 Å². The molecule has 27 heavy (non-hydrogen) atoms. The number of nitrogens with zero attached hydrogens (tertiary/aromatic N) is 2. The molecule has 7 nitrogen and oxygen atoms in total. The maximum Gasteiger partial charge on any atom is 0.261 e. The molecule has 2 aliphatic rings. The number of likely N-dealkylation sites (tertiary alicyclic amines) is 2. The number of hydrogen-bond acceptors (Lipinski definition) is 5. The summed E-state index contributed by atoms with van der Waals surface area (Å²) in [5, 5.41) is 9.13. The Balaban J connectivity index is 1.62. The summed E-state index contributed by atoms with van der Waals surface area (Å²) in [7, 11) is 0. The fraction of sp³-hybridized carbons (Fsp3) is 0.550. The maximum absolute atomic E-state index is 13.0. The highest BCUT2D eigenvalue weighted by Gasteiger charge is 2.41. The van der Waals surface area contributed by atoms with Gasteiger partial charge in [0.05, 0.1) is 6.04 Å². The van der Waals surface area contributed by atoms with Gasteiger partial charge in [0, 0.05) is 13.1 Å². The molecule has 0 spiro atoms. The average molecular weight is 374 g/mol. The van der Waals surface area contributed by atoms with Crippen molar-refractivity contribution in [1.29, 1.82) is 0 Å². The summed E-state index contributed by atoms with van der Waals surface area (Å²) in [5.74, 6) is -0.139. The number of amides is 2. The molecule has 0 saturated carbocycles. The molecule has 2 fully saturated rings. The molecule has 2 heterocycles. The Morgan fingerprint density at radius 3 is 2.33 bits per heavy atom. The highest BCUT2D eigenvalue weighted by molar-refractivity contribution is 5.94. The van der Waals surface area contributed by atoms with Gasteiger partial charge in [-0.25, -0.2) is 0 Å². The Morgan fingerprint density at radius 2 is 1.67 bits per heavy atom. The molecule has 2 amide bonds. The van der Waals surface area contributed by atoms with Crippen LogP contribution in [0.3, 0.4) is 0 Å². The summed E-state index contributed by atoms with van der Waals surface area (Å²) >= 11 is 0. The number of rotatable bonds is 6. The zero-order valence-corrected chi connectivity index (χ0v) is 15.6. The molecule has 1 N–H and O–H groups in total. The lowest BCUT2D eigenvalue weighted by Gasteiger charge is -2.30. The molecule has 0 unspecified atom stereocenters. The van der Waals surface area contributed by atoms with Crippen LogP contribution in [0.4, 0.5) is 0 Å². The number of aryl methyl sites for hydroxylation is 1. The number of hydrogen-bond donors (Lipinski definition) is 1. The summed E-state index contributed by atoms with van der Waals surface area (Å²) < 4.78 is 5.56. The first kappa shape index (κ1) is 19.4. The fourth-order valence-electron chi connectivity index (χ4n) is 3.85. The SMILES string of the molecule is Cc1ccc(OCC(=O)N2CCC[C@H]2C(=O)N2CCC[C@H]2C(=O)CO)cc1. The first-order valence-corrected chi connectivity index (χ1v) is 9.44. The summed E-state index contributed by atoms with van der Waals surface area (Å²) in [6, 6.07) is 6.33. The number of carbonyl (C=O) groups is 3. The summed E-state index contributed by atoms with van der Waals surface area (Å²) in [6.45, 7) is 2.30. The van der Waals surface area contributed by atoms with Crippen molar-refractivity contribution in [3.63, 3.8) is 0 Å². The van der Waals surface area contributed by atoms with E-state index in [1.54, 1.807) is 4.90 Å². The number of aliphatic hydroxyl groups excluding tert-OH is 1. The number of ketones is 1. The van der Waals surface area contributed by atoms with Crippen molar-refractivity contribution >= 4 is 17.6 Å². The van der Waals surface area contributed by atoms with Crippen LogP contribution in [0.2, 0.25) is 0 Å². The Morgan fingerprint density at radius 1 is 1.04 bits per heavy atom. The van der Waals surface area contributed by atoms with Crippen molar-refractivity contribution in [2.24, 2.45) is 0 Å². The Kier molecular flexibility index (Phi) is 6.11. The molecule has 3 rings (SSSR count). The molecular formula is C20H26N2O5. The number of ether oxygens (including phenoxy) is 1. The number of carbonyl (C=O) groups excluding carboxylic acids is 3. The first-order valence-electron chi connectivity index (χ1n) is 9.44. The fourth-order valence-corrected chi connectivity index (χ4v) is 3.85.